The summed E-state index contributed by atoms with van der Waals surface area (Å²) in [6.45, 7) is 0. The molecule has 0 saturated heterocycles. The number of anilines is 2. The molecule has 1 N–H and O–H groups in total. The Labute approximate surface area is 157 Å². The molecule has 0 unspecified atom stereocenters. The normalized spacial score (nSPS) is 15.5. The van der Waals surface area contributed by atoms with Gasteiger partial charge in [0.15, 0.2) is 9.84 Å². The Balaban J connectivity index is 1.81. The van der Waals surface area contributed by atoms with Gasteiger partial charge in [-0.15, -0.1) is 0 Å². The minimum Gasteiger partial charge on any atom is -0.339 e. The Hall–Kier alpha value is -2.61. The Bertz CT molecular complexity index is 1170. The summed E-state index contributed by atoms with van der Waals surface area (Å²) in [5.41, 5.74) is 2.03. The first-order chi connectivity index (χ1) is 12.9. The molecule has 2 heterocycles. The third-order valence-corrected chi connectivity index (χ3v) is 6.37. The molecule has 7 nitrogen and oxygen atoms in total. The second-order valence-electron chi connectivity index (χ2n) is 7.10. The molecule has 0 atom stereocenters. The van der Waals surface area contributed by atoms with Gasteiger partial charge in [-0.2, -0.15) is 0 Å². The molecular formula is C19H22N4O3S. The Morgan fingerprint density at radius 3 is 2.56 bits per heavy atom. The number of aryl methyl sites for hydroxylation is 1. The number of nitrogens with zero attached hydrogens (tertiary/aromatic N) is 3. The zero-order chi connectivity index (χ0) is 19.2. The van der Waals surface area contributed by atoms with E-state index in [9.17, 15) is 13.2 Å². The van der Waals surface area contributed by atoms with E-state index in [4.69, 9.17) is 0 Å². The SMILES string of the molecule is Cn1c(=O)n(C2CCCC2)c2cc(Nc3ccccc3S(C)(=O)=O)ncc21. The van der Waals surface area contributed by atoms with E-state index >= 15 is 0 Å². The molecule has 0 spiro atoms. The molecule has 1 aliphatic carbocycles. The number of rotatable bonds is 4. The van der Waals surface area contributed by atoms with Gasteiger partial charge < -0.3 is 5.32 Å². The largest absolute Gasteiger partial charge is 0.339 e. The van der Waals surface area contributed by atoms with Crippen LogP contribution in [0.5, 0.6) is 0 Å². The summed E-state index contributed by atoms with van der Waals surface area (Å²) < 4.78 is 27.5. The molecule has 1 saturated carbocycles. The summed E-state index contributed by atoms with van der Waals surface area (Å²) in [6, 6.07) is 8.76. The number of para-hydroxylation sites is 1. The minimum atomic E-state index is -3.37. The summed E-state index contributed by atoms with van der Waals surface area (Å²) >= 11 is 0. The van der Waals surface area contributed by atoms with E-state index in [0.29, 0.717) is 11.5 Å². The number of aromatic nitrogens is 3. The lowest BCUT2D eigenvalue weighted by Crippen LogP contribution is -2.24. The Morgan fingerprint density at radius 1 is 1.15 bits per heavy atom. The predicted molar refractivity (Wildman–Crippen MR) is 105 cm³/mol. The number of fused-ring (bicyclic) bond motifs is 1. The van der Waals surface area contributed by atoms with E-state index < -0.39 is 9.84 Å². The van der Waals surface area contributed by atoms with Gasteiger partial charge in [0.1, 0.15) is 5.82 Å². The fraction of sp³-hybridized carbons (Fsp3) is 0.368. The molecule has 1 aromatic carbocycles. The van der Waals surface area contributed by atoms with Crippen molar-refractivity contribution >= 4 is 32.4 Å². The Morgan fingerprint density at radius 2 is 1.85 bits per heavy atom. The summed E-state index contributed by atoms with van der Waals surface area (Å²) in [6.07, 6.45) is 7.10. The van der Waals surface area contributed by atoms with Gasteiger partial charge in [0.2, 0.25) is 0 Å². The molecule has 3 aromatic rings. The highest BCUT2D eigenvalue weighted by Gasteiger charge is 2.23. The van der Waals surface area contributed by atoms with E-state index in [1.165, 1.54) is 6.26 Å². The maximum atomic E-state index is 12.7. The van der Waals surface area contributed by atoms with Crippen molar-refractivity contribution in [1.29, 1.82) is 0 Å². The first-order valence-electron chi connectivity index (χ1n) is 8.99. The Kier molecular flexibility index (Phi) is 4.30. The van der Waals surface area contributed by atoms with Crippen LogP contribution in [0.15, 0.2) is 46.2 Å². The predicted octanol–water partition coefficient (Wildman–Crippen LogP) is 3.00. The number of benzene rings is 1. The summed E-state index contributed by atoms with van der Waals surface area (Å²) in [4.78, 5) is 17.3. The quantitative estimate of drug-likeness (QED) is 0.745. The molecule has 0 bridgehead atoms. The first kappa shape index (κ1) is 17.8. The first-order valence-corrected chi connectivity index (χ1v) is 10.9. The average Bonchev–Trinajstić information content (AvgIpc) is 3.22. The lowest BCUT2D eigenvalue weighted by molar-refractivity contribution is 0.509. The van der Waals surface area contributed by atoms with Gasteiger partial charge in [-0.1, -0.05) is 25.0 Å². The van der Waals surface area contributed by atoms with Gasteiger partial charge in [0.05, 0.1) is 27.8 Å². The lowest BCUT2D eigenvalue weighted by Gasteiger charge is -2.13. The maximum Gasteiger partial charge on any atom is 0.329 e. The van der Waals surface area contributed by atoms with Crippen LogP contribution in [-0.4, -0.2) is 28.8 Å². The monoisotopic (exact) mass is 386 g/mol. The molecule has 2 aromatic heterocycles. The summed E-state index contributed by atoms with van der Waals surface area (Å²) in [5, 5.41) is 3.10. The molecule has 27 heavy (non-hydrogen) atoms. The van der Waals surface area contributed by atoms with Crippen LogP contribution >= 0.6 is 0 Å². The van der Waals surface area contributed by atoms with E-state index in [2.05, 4.69) is 10.3 Å². The van der Waals surface area contributed by atoms with Gasteiger partial charge in [0.25, 0.3) is 0 Å². The van der Waals surface area contributed by atoms with Gasteiger partial charge in [-0.05, 0) is 25.0 Å². The number of hydrogen-bond donors (Lipinski definition) is 1. The van der Waals surface area contributed by atoms with Gasteiger partial charge >= 0.3 is 5.69 Å². The lowest BCUT2D eigenvalue weighted by atomic mass is 10.2. The molecule has 1 fully saturated rings. The zero-order valence-corrected chi connectivity index (χ0v) is 16.2. The molecule has 0 amide bonds. The minimum absolute atomic E-state index is 0.0348. The summed E-state index contributed by atoms with van der Waals surface area (Å²) in [7, 11) is -1.62. The second-order valence-corrected chi connectivity index (χ2v) is 9.09. The number of hydrogen-bond acceptors (Lipinski definition) is 5. The van der Waals surface area contributed by atoms with Crippen LogP contribution in [0.25, 0.3) is 11.0 Å². The average molecular weight is 386 g/mol. The number of imidazole rings is 1. The van der Waals surface area contributed by atoms with Crippen LogP contribution in [0.2, 0.25) is 0 Å². The highest BCUT2D eigenvalue weighted by molar-refractivity contribution is 7.90. The maximum absolute atomic E-state index is 12.7. The van der Waals surface area contributed by atoms with E-state index in [-0.39, 0.29) is 16.6 Å². The van der Waals surface area contributed by atoms with Crippen molar-refractivity contribution in [3.8, 4) is 0 Å². The van der Waals surface area contributed by atoms with Crippen LogP contribution in [0, 0.1) is 0 Å². The number of sulfone groups is 1. The third-order valence-electron chi connectivity index (χ3n) is 5.21. The second kappa shape index (κ2) is 6.53. The molecular weight excluding hydrogens is 364 g/mol. The number of nitrogens with one attached hydrogen (secondary N) is 1. The van der Waals surface area contributed by atoms with Crippen molar-refractivity contribution in [2.24, 2.45) is 7.05 Å². The fourth-order valence-electron chi connectivity index (χ4n) is 3.87. The smallest absolute Gasteiger partial charge is 0.329 e. The zero-order valence-electron chi connectivity index (χ0n) is 15.3. The molecule has 0 radical (unpaired) electrons. The van der Waals surface area contributed by atoms with Crippen LogP contribution in [0.4, 0.5) is 11.5 Å². The van der Waals surface area contributed by atoms with E-state index in [1.54, 1.807) is 42.1 Å². The van der Waals surface area contributed by atoms with E-state index in [1.807, 2.05) is 10.6 Å². The van der Waals surface area contributed by atoms with Crippen LogP contribution in [0.3, 0.4) is 0 Å². The van der Waals surface area contributed by atoms with Gasteiger partial charge in [-0.3, -0.25) is 9.13 Å². The standard InChI is InChI=1S/C19H22N4O3S/c1-22-16-12-20-18(21-14-9-5-6-10-17(14)27(2,25)26)11-15(16)23(19(22)24)13-7-3-4-8-13/h5-6,9-13H,3-4,7-8H2,1-2H3,(H,20,21). The van der Waals surface area contributed by atoms with Crippen LogP contribution in [0.1, 0.15) is 31.7 Å². The van der Waals surface area contributed by atoms with Crippen LogP contribution < -0.4 is 11.0 Å². The van der Waals surface area contributed by atoms with Crippen molar-refractivity contribution in [3.63, 3.8) is 0 Å². The highest BCUT2D eigenvalue weighted by atomic mass is 32.2. The van der Waals surface area contributed by atoms with Crippen molar-refractivity contribution in [2.75, 3.05) is 11.6 Å². The van der Waals surface area contributed by atoms with Crippen LogP contribution in [-0.2, 0) is 16.9 Å². The fourth-order valence-corrected chi connectivity index (χ4v) is 4.72. The molecule has 1 aliphatic rings. The van der Waals surface area contributed by atoms with Gasteiger partial charge in [0, 0.05) is 25.4 Å². The molecule has 8 heteroatoms. The topological polar surface area (TPSA) is 86.0 Å². The summed E-state index contributed by atoms with van der Waals surface area (Å²) in [5.74, 6) is 0.510. The number of pyridine rings is 1. The van der Waals surface area contributed by atoms with Crippen molar-refractivity contribution in [2.45, 2.75) is 36.6 Å². The van der Waals surface area contributed by atoms with Crippen molar-refractivity contribution in [1.82, 2.24) is 14.1 Å². The molecule has 0 aliphatic heterocycles. The highest BCUT2D eigenvalue weighted by Crippen LogP contribution is 2.32. The molecule has 142 valence electrons. The van der Waals surface area contributed by atoms with Crippen molar-refractivity contribution < 1.29 is 8.42 Å². The van der Waals surface area contributed by atoms with Crippen molar-refractivity contribution in [3.05, 3.63) is 47.0 Å². The third kappa shape index (κ3) is 3.14. The van der Waals surface area contributed by atoms with E-state index in [0.717, 1.165) is 36.7 Å². The van der Waals surface area contributed by atoms with Gasteiger partial charge in [-0.25, -0.2) is 18.2 Å². The molecule has 4 rings (SSSR count).